The number of hydrogen-bond acceptors (Lipinski definition) is 5. The molecule has 0 aliphatic rings. The lowest BCUT2D eigenvalue weighted by Crippen LogP contribution is -2.09. The third kappa shape index (κ3) is 2.81. The predicted molar refractivity (Wildman–Crippen MR) is 66.5 cm³/mol. The molecule has 2 rings (SSSR count). The summed E-state index contributed by atoms with van der Waals surface area (Å²) in [6.45, 7) is 2.63. The monoisotopic (exact) mass is 251 g/mol. The maximum Gasteiger partial charge on any atom is 0.338 e. The molecule has 0 saturated heterocycles. The molecule has 0 atom stereocenters. The lowest BCUT2D eigenvalue weighted by atomic mass is 10.2. The highest BCUT2D eigenvalue weighted by Gasteiger charge is 2.09. The van der Waals surface area contributed by atoms with Gasteiger partial charge in [0.15, 0.2) is 0 Å². The number of esters is 1. The minimum Gasteiger partial charge on any atom is -0.460 e. The van der Waals surface area contributed by atoms with Gasteiger partial charge >= 0.3 is 5.97 Å². The van der Waals surface area contributed by atoms with Crippen molar-refractivity contribution in [3.63, 3.8) is 0 Å². The lowest BCUT2D eigenvalue weighted by Gasteiger charge is -2.03. The molecule has 0 saturated carbocycles. The zero-order chi connectivity index (χ0) is 12.3. The molecule has 0 unspecified atom stereocenters. The average molecular weight is 251 g/mol. The predicted octanol–water partition coefficient (Wildman–Crippen LogP) is 2.41. The number of ether oxygens (including phenoxy) is 2. The fourth-order valence-corrected chi connectivity index (χ4v) is 2.33. The number of carbonyl (C=O) groups is 1. The van der Waals surface area contributed by atoms with E-state index in [1.54, 1.807) is 24.5 Å². The van der Waals surface area contributed by atoms with Crippen LogP contribution in [0, 0.1) is 6.92 Å². The molecule has 0 amide bonds. The molecular formula is C12H13NO3S. The molecule has 1 aromatic carbocycles. The Morgan fingerprint density at radius 3 is 3.00 bits per heavy atom. The van der Waals surface area contributed by atoms with E-state index in [9.17, 15) is 4.79 Å². The van der Waals surface area contributed by atoms with Crippen molar-refractivity contribution in [1.29, 1.82) is 0 Å². The second-order valence-corrected chi connectivity index (χ2v) is 4.78. The van der Waals surface area contributed by atoms with Crippen molar-refractivity contribution in [3.05, 3.63) is 28.8 Å². The van der Waals surface area contributed by atoms with E-state index in [1.807, 2.05) is 19.1 Å². The van der Waals surface area contributed by atoms with Crippen molar-refractivity contribution in [2.75, 3.05) is 20.3 Å². The number of thiazole rings is 1. The first-order chi connectivity index (χ1) is 8.20. The van der Waals surface area contributed by atoms with Crippen LogP contribution in [-0.4, -0.2) is 31.3 Å². The smallest absolute Gasteiger partial charge is 0.338 e. The standard InChI is InChI=1S/C12H13NO3S/c1-8-13-10-4-3-9(7-11(10)17-8)12(14)16-6-5-15-2/h3-4,7H,5-6H2,1-2H3. The van der Waals surface area contributed by atoms with Crippen molar-refractivity contribution in [2.24, 2.45) is 0 Å². The summed E-state index contributed by atoms with van der Waals surface area (Å²) in [5.74, 6) is -0.324. The van der Waals surface area contributed by atoms with E-state index in [0.717, 1.165) is 15.2 Å². The first kappa shape index (κ1) is 12.0. The number of carbonyl (C=O) groups excluding carboxylic acids is 1. The minimum atomic E-state index is -0.324. The van der Waals surface area contributed by atoms with Crippen LogP contribution >= 0.6 is 11.3 Å². The van der Waals surface area contributed by atoms with Gasteiger partial charge in [-0.2, -0.15) is 0 Å². The average Bonchev–Trinajstić information content (AvgIpc) is 2.68. The molecule has 0 bridgehead atoms. The summed E-state index contributed by atoms with van der Waals surface area (Å²) in [6.07, 6.45) is 0. The normalized spacial score (nSPS) is 10.7. The Labute approximate surface area is 103 Å². The van der Waals surface area contributed by atoms with E-state index in [0.29, 0.717) is 12.2 Å². The zero-order valence-corrected chi connectivity index (χ0v) is 10.5. The van der Waals surface area contributed by atoms with Crippen LogP contribution in [0.15, 0.2) is 18.2 Å². The summed E-state index contributed by atoms with van der Waals surface area (Å²) in [6, 6.07) is 5.39. The number of rotatable bonds is 4. The molecule has 5 heteroatoms. The number of aryl methyl sites for hydroxylation is 1. The van der Waals surface area contributed by atoms with Crippen LogP contribution in [0.2, 0.25) is 0 Å². The van der Waals surface area contributed by atoms with Gasteiger partial charge in [0.05, 0.1) is 27.4 Å². The van der Waals surface area contributed by atoms with Gasteiger partial charge in [-0.25, -0.2) is 9.78 Å². The van der Waals surface area contributed by atoms with E-state index < -0.39 is 0 Å². The number of fused-ring (bicyclic) bond motifs is 1. The summed E-state index contributed by atoms with van der Waals surface area (Å²) in [5, 5.41) is 0.991. The summed E-state index contributed by atoms with van der Waals surface area (Å²) in [7, 11) is 1.57. The van der Waals surface area contributed by atoms with Gasteiger partial charge < -0.3 is 9.47 Å². The molecule has 0 N–H and O–H groups in total. The molecular weight excluding hydrogens is 238 g/mol. The van der Waals surface area contributed by atoms with Crippen molar-refractivity contribution in [1.82, 2.24) is 4.98 Å². The second-order valence-electron chi connectivity index (χ2n) is 3.54. The van der Waals surface area contributed by atoms with E-state index >= 15 is 0 Å². The first-order valence-electron chi connectivity index (χ1n) is 5.24. The van der Waals surface area contributed by atoms with Crippen LogP contribution in [0.4, 0.5) is 0 Å². The van der Waals surface area contributed by atoms with Crippen LogP contribution in [0.25, 0.3) is 10.2 Å². The summed E-state index contributed by atoms with van der Waals surface area (Å²) in [4.78, 5) is 16.0. The highest BCUT2D eigenvalue weighted by molar-refractivity contribution is 7.18. The van der Waals surface area contributed by atoms with Crippen LogP contribution in [0.1, 0.15) is 15.4 Å². The second kappa shape index (κ2) is 5.25. The molecule has 0 fully saturated rings. The molecule has 0 spiro atoms. The lowest BCUT2D eigenvalue weighted by molar-refractivity contribution is 0.0388. The number of nitrogens with zero attached hydrogens (tertiary/aromatic N) is 1. The number of aromatic nitrogens is 1. The van der Waals surface area contributed by atoms with Crippen LogP contribution in [-0.2, 0) is 9.47 Å². The van der Waals surface area contributed by atoms with Gasteiger partial charge in [-0.15, -0.1) is 11.3 Å². The van der Waals surface area contributed by atoms with E-state index in [-0.39, 0.29) is 12.6 Å². The van der Waals surface area contributed by atoms with Gasteiger partial charge in [-0.1, -0.05) is 0 Å². The fourth-order valence-electron chi connectivity index (χ4n) is 1.47. The maximum absolute atomic E-state index is 11.7. The molecule has 2 aromatic rings. The van der Waals surface area contributed by atoms with Gasteiger partial charge in [-0.05, 0) is 25.1 Å². The van der Waals surface area contributed by atoms with Gasteiger partial charge in [-0.3, -0.25) is 0 Å². The Kier molecular flexibility index (Phi) is 3.71. The molecule has 0 radical (unpaired) electrons. The van der Waals surface area contributed by atoms with Gasteiger partial charge in [0.2, 0.25) is 0 Å². The number of methoxy groups -OCH3 is 1. The minimum absolute atomic E-state index is 0.273. The number of hydrogen-bond donors (Lipinski definition) is 0. The van der Waals surface area contributed by atoms with Gasteiger partial charge in [0.25, 0.3) is 0 Å². The Balaban J connectivity index is 2.15. The molecule has 90 valence electrons. The van der Waals surface area contributed by atoms with Crippen molar-refractivity contribution < 1.29 is 14.3 Å². The van der Waals surface area contributed by atoms with Gasteiger partial charge in [0, 0.05) is 7.11 Å². The SMILES string of the molecule is COCCOC(=O)c1ccc2nc(C)sc2c1. The topological polar surface area (TPSA) is 48.4 Å². The zero-order valence-electron chi connectivity index (χ0n) is 9.73. The molecule has 1 heterocycles. The Bertz CT molecular complexity index is 536. The Morgan fingerprint density at radius 2 is 2.24 bits per heavy atom. The highest BCUT2D eigenvalue weighted by Crippen LogP contribution is 2.22. The summed E-state index contributed by atoms with van der Waals surface area (Å²) in [5.41, 5.74) is 1.47. The fraction of sp³-hybridized carbons (Fsp3) is 0.333. The third-order valence-corrected chi connectivity index (χ3v) is 3.19. The van der Waals surface area contributed by atoms with Gasteiger partial charge in [0.1, 0.15) is 6.61 Å². The van der Waals surface area contributed by atoms with Crippen LogP contribution in [0.3, 0.4) is 0 Å². The van der Waals surface area contributed by atoms with E-state index in [4.69, 9.17) is 9.47 Å². The maximum atomic E-state index is 11.7. The van der Waals surface area contributed by atoms with E-state index in [2.05, 4.69) is 4.98 Å². The largest absolute Gasteiger partial charge is 0.460 e. The van der Waals surface area contributed by atoms with Crippen molar-refractivity contribution >= 4 is 27.5 Å². The number of benzene rings is 1. The summed E-state index contributed by atoms with van der Waals surface area (Å²) >= 11 is 1.57. The quantitative estimate of drug-likeness (QED) is 0.618. The molecule has 0 aliphatic carbocycles. The van der Waals surface area contributed by atoms with Crippen LogP contribution < -0.4 is 0 Å². The molecule has 17 heavy (non-hydrogen) atoms. The molecule has 0 aliphatic heterocycles. The van der Waals surface area contributed by atoms with Crippen molar-refractivity contribution in [2.45, 2.75) is 6.92 Å². The summed E-state index contributed by atoms with van der Waals surface area (Å²) < 4.78 is 10.9. The Hall–Kier alpha value is -1.46. The third-order valence-electron chi connectivity index (χ3n) is 2.25. The molecule has 4 nitrogen and oxygen atoms in total. The first-order valence-corrected chi connectivity index (χ1v) is 6.05. The van der Waals surface area contributed by atoms with Crippen LogP contribution in [0.5, 0.6) is 0 Å². The van der Waals surface area contributed by atoms with E-state index in [1.165, 1.54) is 0 Å². The Morgan fingerprint density at radius 1 is 1.41 bits per heavy atom. The van der Waals surface area contributed by atoms with Crippen molar-refractivity contribution in [3.8, 4) is 0 Å². The highest BCUT2D eigenvalue weighted by atomic mass is 32.1. The molecule has 1 aromatic heterocycles.